The molecule has 2 aromatic carbocycles. The van der Waals surface area contributed by atoms with Gasteiger partial charge >= 0.3 is 12.1 Å². The molecule has 0 aliphatic heterocycles. The molecule has 2 atom stereocenters. The number of hydrogen-bond donors (Lipinski definition) is 5. The third-order valence-corrected chi connectivity index (χ3v) is 4.46. The molecule has 0 aliphatic carbocycles. The first-order chi connectivity index (χ1) is 14.4. The zero-order valence-electron chi connectivity index (χ0n) is 17.4. The molecule has 3 amide bonds. The van der Waals surface area contributed by atoms with E-state index in [4.69, 9.17) is 20.9 Å². The van der Waals surface area contributed by atoms with Crippen LogP contribution in [0.25, 0.3) is 0 Å². The van der Waals surface area contributed by atoms with E-state index in [9.17, 15) is 9.59 Å². The molecule has 30 heavy (non-hydrogen) atoms. The Morgan fingerprint density at radius 3 is 2.43 bits per heavy atom. The van der Waals surface area contributed by atoms with E-state index >= 15 is 0 Å². The van der Waals surface area contributed by atoms with Crippen LogP contribution in [-0.4, -0.2) is 31.9 Å². The van der Waals surface area contributed by atoms with Gasteiger partial charge in [-0.25, -0.2) is 9.59 Å². The third kappa shape index (κ3) is 6.56. The number of rotatable bonds is 8. The van der Waals surface area contributed by atoms with Gasteiger partial charge < -0.3 is 36.9 Å². The van der Waals surface area contributed by atoms with Gasteiger partial charge in [-0.3, -0.25) is 0 Å². The summed E-state index contributed by atoms with van der Waals surface area (Å²) in [5, 5.41) is 8.24. The maximum atomic E-state index is 12.3. The molecule has 7 N–H and O–H groups in total. The minimum absolute atomic E-state index is 0.271. The maximum Gasteiger partial charge on any atom is 0.407 e. The van der Waals surface area contributed by atoms with E-state index in [1.807, 2.05) is 19.9 Å². The van der Waals surface area contributed by atoms with Gasteiger partial charge in [-0.05, 0) is 43.2 Å². The van der Waals surface area contributed by atoms with Crippen molar-refractivity contribution in [2.45, 2.75) is 32.4 Å². The van der Waals surface area contributed by atoms with Crippen LogP contribution in [0.4, 0.5) is 26.7 Å². The van der Waals surface area contributed by atoms with Gasteiger partial charge in [-0.2, -0.15) is 0 Å². The Hall–Kier alpha value is -3.46. The van der Waals surface area contributed by atoms with Crippen LogP contribution in [0, 0.1) is 0 Å². The van der Waals surface area contributed by atoms with Crippen molar-refractivity contribution in [2.75, 3.05) is 30.0 Å². The second kappa shape index (κ2) is 10.9. The number of benzene rings is 2. The summed E-state index contributed by atoms with van der Waals surface area (Å²) in [6.45, 7) is 3.99. The van der Waals surface area contributed by atoms with E-state index in [1.165, 1.54) is 7.11 Å². The molecule has 0 saturated carbocycles. The van der Waals surface area contributed by atoms with E-state index in [2.05, 4.69) is 16.0 Å². The van der Waals surface area contributed by atoms with Crippen molar-refractivity contribution in [3.05, 3.63) is 48.0 Å². The molecular formula is C21H29N5O4. The predicted molar refractivity (Wildman–Crippen MR) is 118 cm³/mol. The van der Waals surface area contributed by atoms with Crippen LogP contribution in [0.5, 0.6) is 5.75 Å². The highest BCUT2D eigenvalue weighted by atomic mass is 16.6. The normalized spacial score (nSPS) is 12.4. The molecule has 2 aromatic rings. The Kier molecular flexibility index (Phi) is 8.30. The molecule has 0 heterocycles. The second-order valence-electron chi connectivity index (χ2n) is 6.70. The van der Waals surface area contributed by atoms with Gasteiger partial charge in [0, 0.05) is 24.0 Å². The number of nitrogens with two attached hydrogens (primary N) is 2. The van der Waals surface area contributed by atoms with E-state index < -0.39 is 12.1 Å². The highest BCUT2D eigenvalue weighted by molar-refractivity contribution is 6.00. The molecule has 0 aliphatic rings. The molecule has 0 radical (unpaired) electrons. The molecule has 162 valence electrons. The molecule has 0 saturated heterocycles. The lowest BCUT2D eigenvalue weighted by atomic mass is 10.1. The van der Waals surface area contributed by atoms with E-state index in [0.717, 1.165) is 5.56 Å². The number of carbonyl (C=O) groups is 2. The van der Waals surface area contributed by atoms with Crippen molar-refractivity contribution in [1.29, 1.82) is 0 Å². The Bertz CT molecular complexity index is 870. The summed E-state index contributed by atoms with van der Waals surface area (Å²) in [6.07, 6.45) is -0.207. The third-order valence-electron chi connectivity index (χ3n) is 4.46. The number of alkyl carbamates (subject to hydrolysis) is 1. The zero-order chi connectivity index (χ0) is 22.1. The monoisotopic (exact) mass is 415 g/mol. The quantitative estimate of drug-likeness (QED) is 0.418. The number of nitrogen functional groups attached to an aromatic ring is 1. The van der Waals surface area contributed by atoms with Crippen molar-refractivity contribution < 1.29 is 19.1 Å². The lowest BCUT2D eigenvalue weighted by Gasteiger charge is -2.19. The lowest BCUT2D eigenvalue weighted by Crippen LogP contribution is -2.34. The van der Waals surface area contributed by atoms with Crippen molar-refractivity contribution in [1.82, 2.24) is 5.32 Å². The fraction of sp³-hybridized carbons (Fsp3) is 0.333. The van der Waals surface area contributed by atoms with Crippen molar-refractivity contribution in [3.63, 3.8) is 0 Å². The summed E-state index contributed by atoms with van der Waals surface area (Å²) >= 11 is 0. The average Bonchev–Trinajstić information content (AvgIpc) is 2.73. The van der Waals surface area contributed by atoms with Gasteiger partial charge in [-0.15, -0.1) is 0 Å². The molecule has 0 bridgehead atoms. The van der Waals surface area contributed by atoms with Crippen LogP contribution >= 0.6 is 0 Å². The van der Waals surface area contributed by atoms with Gasteiger partial charge in [0.05, 0.1) is 18.8 Å². The number of amides is 3. The molecule has 9 heteroatoms. The first-order valence-corrected chi connectivity index (χ1v) is 9.65. The Morgan fingerprint density at radius 2 is 1.80 bits per heavy atom. The summed E-state index contributed by atoms with van der Waals surface area (Å²) in [5.41, 5.74) is 13.7. The van der Waals surface area contributed by atoms with Gasteiger partial charge in [0.15, 0.2) is 0 Å². The fourth-order valence-corrected chi connectivity index (χ4v) is 2.71. The summed E-state index contributed by atoms with van der Waals surface area (Å²) in [4.78, 5) is 24.3. The van der Waals surface area contributed by atoms with Gasteiger partial charge in [-0.1, -0.05) is 19.1 Å². The number of urea groups is 1. The highest BCUT2D eigenvalue weighted by Gasteiger charge is 2.15. The number of hydrogen-bond acceptors (Lipinski definition) is 6. The van der Waals surface area contributed by atoms with Crippen LogP contribution in [0.1, 0.15) is 31.9 Å². The van der Waals surface area contributed by atoms with Crippen LogP contribution in [0.3, 0.4) is 0 Å². The number of anilines is 3. The molecule has 0 fully saturated rings. The van der Waals surface area contributed by atoms with E-state index in [1.54, 1.807) is 36.4 Å². The van der Waals surface area contributed by atoms with Gasteiger partial charge in [0.2, 0.25) is 0 Å². The minimum atomic E-state index is -0.534. The SMILES string of the molecule is CCC(CN)OC(=O)N[C@@H](C)c1cccc(NC(=O)Nc2ccc(N)c(OC)c2)c1. The van der Waals surface area contributed by atoms with Crippen LogP contribution in [-0.2, 0) is 4.74 Å². The molecule has 0 spiro atoms. The molecule has 1 unspecified atom stereocenters. The first kappa shape index (κ1) is 22.8. The van der Waals surface area contributed by atoms with Crippen molar-refractivity contribution in [2.24, 2.45) is 5.73 Å². The standard InChI is InChI=1S/C21H29N5O4/c1-4-17(12-22)30-21(28)24-13(2)14-6-5-7-15(10-14)25-20(27)26-16-8-9-18(23)19(11-16)29-3/h5-11,13,17H,4,12,22-23H2,1-3H3,(H,24,28)(H2,25,26,27)/t13-,17?/m0/s1. The summed E-state index contributed by atoms with van der Waals surface area (Å²) in [7, 11) is 1.50. The van der Waals surface area contributed by atoms with Gasteiger partial charge in [0.1, 0.15) is 11.9 Å². The van der Waals surface area contributed by atoms with E-state index in [0.29, 0.717) is 29.2 Å². The Labute approximate surface area is 176 Å². The Balaban J connectivity index is 1.97. The van der Waals surface area contributed by atoms with Gasteiger partial charge in [0.25, 0.3) is 0 Å². The van der Waals surface area contributed by atoms with Crippen LogP contribution in [0.2, 0.25) is 0 Å². The second-order valence-corrected chi connectivity index (χ2v) is 6.70. The average molecular weight is 415 g/mol. The first-order valence-electron chi connectivity index (χ1n) is 9.65. The highest BCUT2D eigenvalue weighted by Crippen LogP contribution is 2.25. The summed E-state index contributed by atoms with van der Waals surface area (Å²) in [5.74, 6) is 0.474. The number of methoxy groups -OCH3 is 1. The molecule has 9 nitrogen and oxygen atoms in total. The number of ether oxygens (including phenoxy) is 2. The molecular weight excluding hydrogens is 386 g/mol. The minimum Gasteiger partial charge on any atom is -0.495 e. The van der Waals surface area contributed by atoms with Crippen molar-refractivity contribution in [3.8, 4) is 5.75 Å². The maximum absolute atomic E-state index is 12.3. The molecule has 0 aromatic heterocycles. The smallest absolute Gasteiger partial charge is 0.407 e. The fourth-order valence-electron chi connectivity index (χ4n) is 2.71. The Morgan fingerprint density at radius 1 is 1.10 bits per heavy atom. The lowest BCUT2D eigenvalue weighted by molar-refractivity contribution is 0.0968. The zero-order valence-corrected chi connectivity index (χ0v) is 17.4. The topological polar surface area (TPSA) is 141 Å². The molecule has 2 rings (SSSR count). The summed E-state index contributed by atoms with van der Waals surface area (Å²) in [6, 6.07) is 11.4. The predicted octanol–water partition coefficient (Wildman–Crippen LogP) is 3.45. The largest absolute Gasteiger partial charge is 0.495 e. The van der Waals surface area contributed by atoms with Crippen LogP contribution in [0.15, 0.2) is 42.5 Å². The van der Waals surface area contributed by atoms with Crippen molar-refractivity contribution >= 4 is 29.2 Å². The number of carbonyl (C=O) groups excluding carboxylic acids is 2. The summed E-state index contributed by atoms with van der Waals surface area (Å²) < 4.78 is 10.4. The van der Waals surface area contributed by atoms with E-state index in [-0.39, 0.29) is 18.7 Å². The number of nitrogens with one attached hydrogen (secondary N) is 3. The van der Waals surface area contributed by atoms with Crippen LogP contribution < -0.4 is 32.2 Å².